The van der Waals surface area contributed by atoms with Gasteiger partial charge in [-0.3, -0.25) is 0 Å². The van der Waals surface area contributed by atoms with Crippen molar-refractivity contribution in [3.05, 3.63) is 65.7 Å². The van der Waals surface area contributed by atoms with Gasteiger partial charge in [0.15, 0.2) is 0 Å². The number of ether oxygens (including phenoxy) is 1. The molecule has 19 heavy (non-hydrogen) atoms. The summed E-state index contributed by atoms with van der Waals surface area (Å²) in [7, 11) is 0. The van der Waals surface area contributed by atoms with Crippen LogP contribution in [0, 0.1) is 0 Å². The minimum atomic E-state index is -0.0110. The van der Waals surface area contributed by atoms with Gasteiger partial charge in [0.25, 0.3) is 0 Å². The van der Waals surface area contributed by atoms with Gasteiger partial charge < -0.3 is 9.53 Å². The molecule has 0 radical (unpaired) electrons. The summed E-state index contributed by atoms with van der Waals surface area (Å²) < 4.78 is 5.71. The Morgan fingerprint density at radius 3 is 2.32 bits per heavy atom. The van der Waals surface area contributed by atoms with E-state index in [4.69, 9.17) is 4.74 Å². The molecular weight excluding hydrogens is 236 g/mol. The average Bonchev–Trinajstić information content (AvgIpc) is 2.49. The molecule has 98 valence electrons. The summed E-state index contributed by atoms with van der Waals surface area (Å²) in [5.74, 6) is 0.816. The fraction of sp³-hybridized carbons (Fsp3) is 0.235. The van der Waals surface area contributed by atoms with Gasteiger partial charge in [0.05, 0.1) is 0 Å². The van der Waals surface area contributed by atoms with E-state index in [-0.39, 0.29) is 5.92 Å². The first-order chi connectivity index (χ1) is 9.33. The molecule has 2 aromatic rings. The summed E-state index contributed by atoms with van der Waals surface area (Å²) in [5.41, 5.74) is 2.19. The summed E-state index contributed by atoms with van der Waals surface area (Å²) in [5, 5.41) is 0. The molecule has 2 heteroatoms. The molecule has 0 aliphatic heterocycles. The number of hydrogen-bond acceptors (Lipinski definition) is 2. The van der Waals surface area contributed by atoms with Gasteiger partial charge in [-0.15, -0.1) is 0 Å². The van der Waals surface area contributed by atoms with E-state index in [0.29, 0.717) is 6.61 Å². The van der Waals surface area contributed by atoms with Gasteiger partial charge >= 0.3 is 0 Å². The highest BCUT2D eigenvalue weighted by Crippen LogP contribution is 2.21. The molecule has 0 aliphatic carbocycles. The summed E-state index contributed by atoms with van der Waals surface area (Å²) >= 11 is 0. The van der Waals surface area contributed by atoms with Crippen LogP contribution in [-0.4, -0.2) is 6.29 Å². The Bertz CT molecular complexity index is 503. The Hall–Kier alpha value is -2.09. The first kappa shape index (κ1) is 13.3. The first-order valence-electron chi connectivity index (χ1n) is 6.55. The Morgan fingerprint density at radius 1 is 1.05 bits per heavy atom. The largest absolute Gasteiger partial charge is 0.489 e. The molecule has 1 atom stereocenters. The lowest BCUT2D eigenvalue weighted by Crippen LogP contribution is -1.99. The normalized spacial score (nSPS) is 11.8. The second kappa shape index (κ2) is 6.74. The molecular formula is C17H18O2. The van der Waals surface area contributed by atoms with Crippen molar-refractivity contribution in [1.82, 2.24) is 0 Å². The average molecular weight is 254 g/mol. The molecule has 2 nitrogen and oxygen atoms in total. The topological polar surface area (TPSA) is 26.3 Å². The Morgan fingerprint density at radius 2 is 1.74 bits per heavy atom. The van der Waals surface area contributed by atoms with Crippen molar-refractivity contribution in [3.63, 3.8) is 0 Å². The van der Waals surface area contributed by atoms with Crippen molar-refractivity contribution >= 4 is 6.29 Å². The Balaban J connectivity index is 1.97. The van der Waals surface area contributed by atoms with Gasteiger partial charge in [-0.25, -0.2) is 0 Å². The number of carbonyl (C=O) groups is 1. The maximum absolute atomic E-state index is 10.9. The highest BCUT2D eigenvalue weighted by Gasteiger charge is 2.07. The molecule has 0 fully saturated rings. The van der Waals surface area contributed by atoms with Crippen LogP contribution in [0.3, 0.4) is 0 Å². The highest BCUT2D eigenvalue weighted by atomic mass is 16.5. The SMILES string of the molecule is CCC(C=O)c1ccc(OCc2ccccc2)cc1. The van der Waals surface area contributed by atoms with E-state index in [1.807, 2.05) is 61.5 Å². The predicted molar refractivity (Wildman–Crippen MR) is 76.3 cm³/mol. The van der Waals surface area contributed by atoms with Crippen LogP contribution in [0.5, 0.6) is 5.75 Å². The third-order valence-corrected chi connectivity index (χ3v) is 3.16. The van der Waals surface area contributed by atoms with Crippen LogP contribution in [0.25, 0.3) is 0 Å². The van der Waals surface area contributed by atoms with Gasteiger partial charge in [0.1, 0.15) is 18.6 Å². The van der Waals surface area contributed by atoms with Gasteiger partial charge in [-0.1, -0.05) is 49.4 Å². The van der Waals surface area contributed by atoms with Crippen molar-refractivity contribution < 1.29 is 9.53 Å². The summed E-state index contributed by atoms with van der Waals surface area (Å²) in [6.45, 7) is 2.57. The third kappa shape index (κ3) is 3.68. The molecule has 0 bridgehead atoms. The van der Waals surface area contributed by atoms with Crippen molar-refractivity contribution in [1.29, 1.82) is 0 Å². The van der Waals surface area contributed by atoms with E-state index in [2.05, 4.69) is 0 Å². The molecule has 0 N–H and O–H groups in total. The number of hydrogen-bond donors (Lipinski definition) is 0. The van der Waals surface area contributed by atoms with Crippen LogP contribution in [0.2, 0.25) is 0 Å². The lowest BCUT2D eigenvalue weighted by Gasteiger charge is -2.10. The van der Waals surface area contributed by atoms with E-state index in [1.165, 1.54) is 0 Å². The first-order valence-corrected chi connectivity index (χ1v) is 6.55. The minimum Gasteiger partial charge on any atom is -0.489 e. The molecule has 0 aliphatic rings. The van der Waals surface area contributed by atoms with Crippen LogP contribution in [0.1, 0.15) is 30.4 Å². The Kier molecular flexibility index (Phi) is 4.73. The van der Waals surface area contributed by atoms with E-state index in [9.17, 15) is 4.79 Å². The molecule has 0 saturated heterocycles. The maximum Gasteiger partial charge on any atom is 0.127 e. The zero-order valence-corrected chi connectivity index (χ0v) is 11.1. The smallest absolute Gasteiger partial charge is 0.127 e. The molecule has 0 saturated carbocycles. The van der Waals surface area contributed by atoms with Crippen molar-refractivity contribution in [2.75, 3.05) is 0 Å². The lowest BCUT2D eigenvalue weighted by molar-refractivity contribution is -0.109. The summed E-state index contributed by atoms with van der Waals surface area (Å²) in [4.78, 5) is 10.9. The highest BCUT2D eigenvalue weighted by molar-refractivity contribution is 5.62. The van der Waals surface area contributed by atoms with Crippen LogP contribution in [0.4, 0.5) is 0 Å². The van der Waals surface area contributed by atoms with Gasteiger partial charge in [-0.2, -0.15) is 0 Å². The van der Waals surface area contributed by atoms with Gasteiger partial charge in [0.2, 0.25) is 0 Å². The van der Waals surface area contributed by atoms with Crippen LogP contribution >= 0.6 is 0 Å². The molecule has 1 unspecified atom stereocenters. The summed E-state index contributed by atoms with van der Waals surface area (Å²) in [6.07, 6.45) is 1.83. The molecule has 2 aromatic carbocycles. The fourth-order valence-corrected chi connectivity index (χ4v) is 1.96. The lowest BCUT2D eigenvalue weighted by atomic mass is 9.98. The second-order valence-electron chi connectivity index (χ2n) is 4.49. The standard InChI is InChI=1S/C17H18O2/c1-2-15(12-18)16-8-10-17(11-9-16)19-13-14-6-4-3-5-7-14/h3-12,15H,2,13H2,1H3. The van der Waals surface area contributed by atoms with Crippen LogP contribution in [-0.2, 0) is 11.4 Å². The monoisotopic (exact) mass is 254 g/mol. The van der Waals surface area contributed by atoms with Crippen molar-refractivity contribution in [2.45, 2.75) is 25.9 Å². The van der Waals surface area contributed by atoms with Gasteiger partial charge in [0, 0.05) is 5.92 Å². The zero-order chi connectivity index (χ0) is 13.5. The number of benzene rings is 2. The molecule has 0 spiro atoms. The van der Waals surface area contributed by atoms with Crippen molar-refractivity contribution in [2.24, 2.45) is 0 Å². The quantitative estimate of drug-likeness (QED) is 0.729. The summed E-state index contributed by atoms with van der Waals surface area (Å²) in [6, 6.07) is 17.8. The van der Waals surface area contributed by atoms with E-state index in [1.54, 1.807) is 0 Å². The molecule has 2 rings (SSSR count). The Labute approximate surface area is 114 Å². The molecule has 0 amide bonds. The van der Waals surface area contributed by atoms with E-state index >= 15 is 0 Å². The predicted octanol–water partition coefficient (Wildman–Crippen LogP) is 3.96. The van der Waals surface area contributed by atoms with E-state index in [0.717, 1.165) is 29.6 Å². The van der Waals surface area contributed by atoms with Crippen LogP contribution < -0.4 is 4.74 Å². The minimum absolute atomic E-state index is 0.0110. The number of rotatable bonds is 6. The maximum atomic E-state index is 10.9. The second-order valence-corrected chi connectivity index (χ2v) is 4.49. The van der Waals surface area contributed by atoms with Gasteiger partial charge in [-0.05, 0) is 29.7 Å². The molecule has 0 heterocycles. The number of aldehydes is 1. The molecule has 0 aromatic heterocycles. The van der Waals surface area contributed by atoms with E-state index < -0.39 is 0 Å². The number of carbonyl (C=O) groups excluding carboxylic acids is 1. The zero-order valence-electron chi connectivity index (χ0n) is 11.1. The van der Waals surface area contributed by atoms with Crippen LogP contribution in [0.15, 0.2) is 54.6 Å². The fourth-order valence-electron chi connectivity index (χ4n) is 1.96. The third-order valence-electron chi connectivity index (χ3n) is 3.16. The van der Waals surface area contributed by atoms with Crippen molar-refractivity contribution in [3.8, 4) is 5.75 Å².